The lowest BCUT2D eigenvalue weighted by atomic mass is 10.2. The lowest BCUT2D eigenvalue weighted by molar-refractivity contribution is 0.136. The van der Waals surface area contributed by atoms with Gasteiger partial charge >= 0.3 is 0 Å². The van der Waals surface area contributed by atoms with Crippen LogP contribution in [0.3, 0.4) is 0 Å². The van der Waals surface area contributed by atoms with Gasteiger partial charge in [0.2, 0.25) is 10.0 Å². The van der Waals surface area contributed by atoms with Gasteiger partial charge in [-0.2, -0.15) is 4.31 Å². The average Bonchev–Trinajstić information content (AvgIpc) is 2.49. The molecule has 1 rings (SSSR count). The fraction of sp³-hybridized carbons (Fsp3) is 1.00. The molecule has 14 heavy (non-hydrogen) atoms. The smallest absolute Gasteiger partial charge is 0.216 e. The fourth-order valence-corrected chi connectivity index (χ4v) is 2.80. The third-order valence-corrected chi connectivity index (χ3v) is 4.88. The van der Waals surface area contributed by atoms with Crippen LogP contribution in [0.25, 0.3) is 0 Å². The Morgan fingerprint density at radius 2 is 2.00 bits per heavy atom. The lowest BCUT2D eigenvalue weighted by Crippen LogP contribution is -2.46. The Labute approximate surface area is 85.2 Å². The molecule has 1 fully saturated rings. The number of hydrogen-bond donors (Lipinski definition) is 2. The number of likely N-dealkylation sites (N-methyl/N-ethyl adjacent to an activating group) is 1. The Bertz CT molecular complexity index is 289. The van der Waals surface area contributed by atoms with Gasteiger partial charge in [-0.05, 0) is 13.8 Å². The van der Waals surface area contributed by atoms with Crippen molar-refractivity contribution in [2.45, 2.75) is 31.2 Å². The maximum atomic E-state index is 11.7. The summed E-state index contributed by atoms with van der Waals surface area (Å²) in [7, 11) is -1.74. The molecule has 0 amide bonds. The highest BCUT2D eigenvalue weighted by atomic mass is 32.2. The first-order valence-electron chi connectivity index (χ1n) is 4.73. The summed E-state index contributed by atoms with van der Waals surface area (Å²) in [6, 6.07) is -0.331. The summed E-state index contributed by atoms with van der Waals surface area (Å²) in [6.45, 7) is 4.26. The van der Waals surface area contributed by atoms with Crippen LogP contribution in [0.2, 0.25) is 0 Å². The second-order valence-corrected chi connectivity index (χ2v) is 6.45. The van der Waals surface area contributed by atoms with Crippen LogP contribution in [-0.4, -0.2) is 55.4 Å². The molecule has 2 atom stereocenters. The van der Waals surface area contributed by atoms with Crippen molar-refractivity contribution in [3.05, 3.63) is 0 Å². The third kappa shape index (κ3) is 2.08. The van der Waals surface area contributed by atoms with E-state index in [1.54, 1.807) is 13.8 Å². The molecule has 0 saturated carbocycles. The van der Waals surface area contributed by atoms with Gasteiger partial charge in [0.05, 0.1) is 17.4 Å². The van der Waals surface area contributed by atoms with Gasteiger partial charge in [0.15, 0.2) is 0 Å². The second-order valence-electron chi connectivity index (χ2n) is 3.90. The maximum absolute atomic E-state index is 11.7. The molecule has 1 aliphatic heterocycles. The average molecular weight is 222 g/mol. The molecule has 0 aliphatic carbocycles. The molecule has 0 spiro atoms. The molecule has 0 aromatic carbocycles. The first kappa shape index (κ1) is 11.9. The zero-order valence-corrected chi connectivity index (χ0v) is 9.58. The minimum absolute atomic E-state index is 0.331. The van der Waals surface area contributed by atoms with Gasteiger partial charge in [-0.25, -0.2) is 8.42 Å². The number of hydrogen-bond acceptors (Lipinski definition) is 4. The van der Waals surface area contributed by atoms with Crippen molar-refractivity contribution in [1.82, 2.24) is 9.62 Å². The van der Waals surface area contributed by atoms with Crippen LogP contribution in [0.15, 0.2) is 0 Å². The van der Waals surface area contributed by atoms with Crippen molar-refractivity contribution >= 4 is 10.0 Å². The number of β-amino-alcohol motifs (C(OH)–C–C–N with tert-alkyl or cyclic N) is 1. The predicted octanol–water partition coefficient (Wildman–Crippen LogP) is -1.01. The SMILES string of the molecule is CC(C)S(=O)(=O)N(C)[C@H]1CNC[C@@H]1O. The van der Waals surface area contributed by atoms with Crippen LogP contribution in [0, 0.1) is 0 Å². The molecule has 5 nitrogen and oxygen atoms in total. The second kappa shape index (κ2) is 4.14. The van der Waals surface area contributed by atoms with Crippen molar-refractivity contribution in [2.24, 2.45) is 0 Å². The molecule has 0 aromatic heterocycles. The molecule has 6 heteroatoms. The summed E-state index contributed by atoms with van der Waals surface area (Å²) in [5.74, 6) is 0. The van der Waals surface area contributed by atoms with Crippen LogP contribution in [0.5, 0.6) is 0 Å². The summed E-state index contributed by atoms with van der Waals surface area (Å²) in [5, 5.41) is 12.0. The highest BCUT2D eigenvalue weighted by Crippen LogP contribution is 2.15. The minimum Gasteiger partial charge on any atom is -0.390 e. The van der Waals surface area contributed by atoms with Gasteiger partial charge < -0.3 is 10.4 Å². The highest BCUT2D eigenvalue weighted by molar-refractivity contribution is 7.89. The Kier molecular flexibility index (Phi) is 3.52. The normalized spacial score (nSPS) is 29.0. The van der Waals surface area contributed by atoms with E-state index in [0.717, 1.165) is 0 Å². The van der Waals surface area contributed by atoms with Crippen molar-refractivity contribution in [3.63, 3.8) is 0 Å². The molecular formula is C8H18N2O3S. The van der Waals surface area contributed by atoms with Gasteiger partial charge in [0, 0.05) is 20.1 Å². The van der Waals surface area contributed by atoms with E-state index in [9.17, 15) is 13.5 Å². The van der Waals surface area contributed by atoms with Crippen LogP contribution in [-0.2, 0) is 10.0 Å². The number of rotatable bonds is 3. The number of nitrogens with zero attached hydrogens (tertiary/aromatic N) is 1. The summed E-state index contributed by atoms with van der Waals surface area (Å²) in [6.07, 6.45) is -0.603. The largest absolute Gasteiger partial charge is 0.390 e. The van der Waals surface area contributed by atoms with Gasteiger partial charge in [-0.1, -0.05) is 0 Å². The summed E-state index contributed by atoms with van der Waals surface area (Å²) in [4.78, 5) is 0. The molecule has 1 saturated heterocycles. The van der Waals surface area contributed by atoms with E-state index in [2.05, 4.69) is 5.32 Å². The summed E-state index contributed by atoms with van der Waals surface area (Å²) < 4.78 is 24.8. The van der Waals surface area contributed by atoms with Gasteiger partial charge in [-0.15, -0.1) is 0 Å². The molecule has 0 aromatic rings. The molecule has 0 bridgehead atoms. The van der Waals surface area contributed by atoms with Crippen molar-refractivity contribution in [1.29, 1.82) is 0 Å². The van der Waals surface area contributed by atoms with E-state index >= 15 is 0 Å². The van der Waals surface area contributed by atoms with E-state index in [1.165, 1.54) is 11.4 Å². The van der Waals surface area contributed by atoms with Crippen LogP contribution in [0.4, 0.5) is 0 Å². The predicted molar refractivity (Wildman–Crippen MR) is 54.5 cm³/mol. The van der Waals surface area contributed by atoms with E-state index in [-0.39, 0.29) is 6.04 Å². The monoisotopic (exact) mass is 222 g/mol. The van der Waals surface area contributed by atoms with Gasteiger partial charge in [-0.3, -0.25) is 0 Å². The first-order chi connectivity index (χ1) is 6.37. The quantitative estimate of drug-likeness (QED) is 0.642. The number of aliphatic hydroxyl groups is 1. The minimum atomic E-state index is -3.26. The number of sulfonamides is 1. The zero-order valence-electron chi connectivity index (χ0n) is 8.77. The maximum Gasteiger partial charge on any atom is 0.216 e. The number of nitrogens with one attached hydrogen (secondary N) is 1. The Balaban J connectivity index is 2.79. The van der Waals surface area contributed by atoms with Gasteiger partial charge in [0.25, 0.3) is 0 Å². The first-order valence-corrected chi connectivity index (χ1v) is 6.23. The van der Waals surface area contributed by atoms with Crippen molar-refractivity contribution in [2.75, 3.05) is 20.1 Å². The van der Waals surface area contributed by atoms with Gasteiger partial charge in [0.1, 0.15) is 0 Å². The molecular weight excluding hydrogens is 204 g/mol. The lowest BCUT2D eigenvalue weighted by Gasteiger charge is -2.27. The summed E-state index contributed by atoms with van der Waals surface area (Å²) in [5.41, 5.74) is 0. The topological polar surface area (TPSA) is 69.6 Å². The zero-order chi connectivity index (χ0) is 10.9. The van der Waals surface area contributed by atoms with Crippen LogP contribution in [0.1, 0.15) is 13.8 Å². The highest BCUT2D eigenvalue weighted by Gasteiger charge is 2.35. The van der Waals surface area contributed by atoms with E-state index in [1.807, 2.05) is 0 Å². The van der Waals surface area contributed by atoms with Crippen LogP contribution < -0.4 is 5.32 Å². The Morgan fingerprint density at radius 3 is 2.36 bits per heavy atom. The molecule has 2 N–H and O–H groups in total. The number of aliphatic hydroxyl groups excluding tert-OH is 1. The standard InChI is InChI=1S/C8H18N2O3S/c1-6(2)14(12,13)10(3)7-4-9-5-8(7)11/h6-9,11H,4-5H2,1-3H3/t7-,8-/m0/s1. The summed E-state index contributed by atoms with van der Waals surface area (Å²) >= 11 is 0. The fourth-order valence-electron chi connectivity index (χ4n) is 1.54. The molecule has 1 aliphatic rings. The van der Waals surface area contributed by atoms with E-state index < -0.39 is 21.4 Å². The molecule has 0 radical (unpaired) electrons. The van der Waals surface area contributed by atoms with E-state index in [0.29, 0.717) is 13.1 Å². The van der Waals surface area contributed by atoms with Crippen LogP contribution >= 0.6 is 0 Å². The Morgan fingerprint density at radius 1 is 1.43 bits per heavy atom. The van der Waals surface area contributed by atoms with Crippen molar-refractivity contribution < 1.29 is 13.5 Å². The third-order valence-electron chi connectivity index (χ3n) is 2.62. The molecule has 0 unspecified atom stereocenters. The van der Waals surface area contributed by atoms with E-state index in [4.69, 9.17) is 0 Å². The Hall–Kier alpha value is -0.170. The molecule has 1 heterocycles. The molecule has 84 valence electrons. The van der Waals surface area contributed by atoms with Crippen molar-refractivity contribution in [3.8, 4) is 0 Å².